The lowest BCUT2D eigenvalue weighted by Gasteiger charge is -2.14. The number of nitrogens with zero attached hydrogens (tertiary/aromatic N) is 1. The first-order valence-electron chi connectivity index (χ1n) is 4.28. The normalized spacial score (nSPS) is 22.6. The first kappa shape index (κ1) is 10.1. The number of nitrogens with one attached hydrogen (secondary N) is 1. The number of aliphatic imine (C=N–C) groups is 1. The van der Waals surface area contributed by atoms with Crippen LogP contribution in [0.25, 0.3) is 0 Å². The van der Waals surface area contributed by atoms with Crippen molar-refractivity contribution in [1.29, 1.82) is 0 Å². The minimum absolute atomic E-state index is 0.132. The summed E-state index contributed by atoms with van der Waals surface area (Å²) in [6, 6.07) is 0. The van der Waals surface area contributed by atoms with Gasteiger partial charge in [0, 0.05) is 12.3 Å². The Morgan fingerprint density at radius 3 is 2.56 bits per heavy atom. The van der Waals surface area contributed by atoms with Crippen LogP contribution in [0, 0.1) is 0 Å². The maximum Gasteiger partial charge on any atom is 0.355 e. The second-order valence-corrected chi connectivity index (χ2v) is 3.14. The smallest absolute Gasteiger partial charge is 0.355 e. The zero-order valence-corrected chi connectivity index (χ0v) is 7.80. The summed E-state index contributed by atoms with van der Waals surface area (Å²) in [7, 11) is 0. The molecule has 0 aromatic carbocycles. The molecule has 7 heteroatoms. The van der Waals surface area contributed by atoms with Crippen LogP contribution >= 0.6 is 0 Å². The molecule has 2 rings (SSSR count). The van der Waals surface area contributed by atoms with Gasteiger partial charge < -0.3 is 15.5 Å². The standard InChI is InChI=1S/C9H6N2O5/c12-3-1-2-10-7-4(3)5(8(13)14)6(11-7)9(15)16/h1-2,7,10H,(H,13,14)(H,15,16). The quantitative estimate of drug-likeness (QED) is 0.547. The van der Waals surface area contributed by atoms with Gasteiger partial charge in [0.1, 0.15) is 11.7 Å². The Hall–Kier alpha value is -2.44. The number of rotatable bonds is 2. The van der Waals surface area contributed by atoms with E-state index in [4.69, 9.17) is 10.2 Å². The highest BCUT2D eigenvalue weighted by atomic mass is 16.4. The molecule has 0 aliphatic carbocycles. The summed E-state index contributed by atoms with van der Waals surface area (Å²) >= 11 is 0. The Bertz CT molecular complexity index is 500. The average Bonchev–Trinajstić information content (AvgIpc) is 2.58. The van der Waals surface area contributed by atoms with Crippen LogP contribution in [-0.2, 0) is 14.4 Å². The average molecular weight is 222 g/mol. The third-order valence-electron chi connectivity index (χ3n) is 2.21. The van der Waals surface area contributed by atoms with Gasteiger partial charge in [-0.15, -0.1) is 0 Å². The third kappa shape index (κ3) is 1.29. The van der Waals surface area contributed by atoms with Crippen LogP contribution in [0.3, 0.4) is 0 Å². The van der Waals surface area contributed by atoms with Crippen molar-refractivity contribution in [1.82, 2.24) is 5.32 Å². The number of aliphatic carboxylic acids is 2. The van der Waals surface area contributed by atoms with E-state index in [1.807, 2.05) is 0 Å². The number of carbonyl (C=O) groups excluding carboxylic acids is 1. The highest BCUT2D eigenvalue weighted by molar-refractivity contribution is 6.50. The van der Waals surface area contributed by atoms with E-state index >= 15 is 0 Å². The predicted octanol–water partition coefficient (Wildman–Crippen LogP) is -1.08. The van der Waals surface area contributed by atoms with Gasteiger partial charge in [-0.1, -0.05) is 0 Å². The Morgan fingerprint density at radius 1 is 1.31 bits per heavy atom. The van der Waals surface area contributed by atoms with Crippen LogP contribution in [0.5, 0.6) is 0 Å². The summed E-state index contributed by atoms with van der Waals surface area (Å²) in [5, 5.41) is 20.3. The predicted molar refractivity (Wildman–Crippen MR) is 50.8 cm³/mol. The largest absolute Gasteiger partial charge is 0.478 e. The Kier molecular flexibility index (Phi) is 2.08. The minimum Gasteiger partial charge on any atom is -0.478 e. The summed E-state index contributed by atoms with van der Waals surface area (Å²) in [4.78, 5) is 36.8. The lowest BCUT2D eigenvalue weighted by molar-refractivity contribution is -0.134. The number of allylic oxidation sites excluding steroid dienone is 1. The summed E-state index contributed by atoms with van der Waals surface area (Å²) in [6.45, 7) is 0. The van der Waals surface area contributed by atoms with Crippen molar-refractivity contribution < 1.29 is 24.6 Å². The van der Waals surface area contributed by atoms with Crippen LogP contribution < -0.4 is 5.32 Å². The molecule has 2 aliphatic heterocycles. The molecule has 1 atom stereocenters. The molecule has 82 valence electrons. The van der Waals surface area contributed by atoms with Gasteiger partial charge in [0.05, 0.1) is 5.57 Å². The molecule has 7 nitrogen and oxygen atoms in total. The molecule has 0 aromatic rings. The first-order chi connectivity index (χ1) is 7.52. The lowest BCUT2D eigenvalue weighted by Crippen LogP contribution is -2.31. The Labute approximate surface area is 88.8 Å². The molecule has 0 saturated carbocycles. The van der Waals surface area contributed by atoms with Crippen LogP contribution in [0.2, 0.25) is 0 Å². The molecular formula is C9H6N2O5. The van der Waals surface area contributed by atoms with Gasteiger partial charge in [0.2, 0.25) is 0 Å². The van der Waals surface area contributed by atoms with Gasteiger partial charge in [-0.3, -0.25) is 4.79 Å². The highest BCUT2D eigenvalue weighted by Gasteiger charge is 2.39. The van der Waals surface area contributed by atoms with Gasteiger partial charge in [0.25, 0.3) is 0 Å². The molecule has 16 heavy (non-hydrogen) atoms. The SMILES string of the molecule is O=C(O)C1=NC2NC=CC(=O)C2=C1C(=O)O. The summed E-state index contributed by atoms with van der Waals surface area (Å²) in [6.07, 6.45) is 1.54. The van der Waals surface area contributed by atoms with Crippen molar-refractivity contribution in [3.8, 4) is 0 Å². The highest BCUT2D eigenvalue weighted by Crippen LogP contribution is 2.24. The van der Waals surface area contributed by atoms with E-state index < -0.39 is 35.2 Å². The van der Waals surface area contributed by atoms with Crippen LogP contribution in [0.4, 0.5) is 0 Å². The maximum absolute atomic E-state index is 11.4. The first-order valence-corrected chi connectivity index (χ1v) is 4.28. The van der Waals surface area contributed by atoms with E-state index in [-0.39, 0.29) is 5.57 Å². The van der Waals surface area contributed by atoms with Gasteiger partial charge in [-0.25, -0.2) is 14.6 Å². The van der Waals surface area contributed by atoms with Crippen molar-refractivity contribution in [2.24, 2.45) is 4.99 Å². The van der Waals surface area contributed by atoms with E-state index in [0.29, 0.717) is 0 Å². The Morgan fingerprint density at radius 2 is 2.00 bits per heavy atom. The zero-order valence-electron chi connectivity index (χ0n) is 7.80. The van der Waals surface area contributed by atoms with Crippen LogP contribution in [0.15, 0.2) is 28.4 Å². The van der Waals surface area contributed by atoms with Gasteiger partial charge in [-0.05, 0) is 0 Å². The summed E-state index contributed by atoms with van der Waals surface area (Å²) in [5.41, 5.74) is -1.27. The van der Waals surface area contributed by atoms with E-state index in [1.54, 1.807) is 0 Å². The third-order valence-corrected chi connectivity index (χ3v) is 2.21. The van der Waals surface area contributed by atoms with Crippen molar-refractivity contribution in [3.63, 3.8) is 0 Å². The Balaban J connectivity index is 2.61. The molecular weight excluding hydrogens is 216 g/mol. The molecule has 0 fully saturated rings. The fraction of sp³-hybridized carbons (Fsp3) is 0.111. The zero-order chi connectivity index (χ0) is 11.9. The topological polar surface area (TPSA) is 116 Å². The molecule has 0 saturated heterocycles. The lowest BCUT2D eigenvalue weighted by atomic mass is 9.99. The molecule has 2 aliphatic rings. The molecule has 0 aromatic heterocycles. The van der Waals surface area contributed by atoms with Gasteiger partial charge in [-0.2, -0.15) is 0 Å². The number of carbonyl (C=O) groups is 3. The van der Waals surface area contributed by atoms with Crippen molar-refractivity contribution in [2.75, 3.05) is 0 Å². The van der Waals surface area contributed by atoms with E-state index in [0.717, 1.165) is 6.08 Å². The number of hydrogen-bond donors (Lipinski definition) is 3. The number of hydrogen-bond acceptors (Lipinski definition) is 5. The van der Waals surface area contributed by atoms with E-state index in [2.05, 4.69) is 10.3 Å². The fourth-order valence-electron chi connectivity index (χ4n) is 1.58. The van der Waals surface area contributed by atoms with Gasteiger partial charge >= 0.3 is 11.9 Å². The molecule has 0 bridgehead atoms. The van der Waals surface area contributed by atoms with Crippen LogP contribution in [0.1, 0.15) is 0 Å². The van der Waals surface area contributed by atoms with Crippen molar-refractivity contribution in [2.45, 2.75) is 6.17 Å². The minimum atomic E-state index is -1.47. The molecule has 0 spiro atoms. The summed E-state index contributed by atoms with van der Waals surface area (Å²) in [5.74, 6) is -3.47. The second kappa shape index (κ2) is 3.30. The fourth-order valence-corrected chi connectivity index (χ4v) is 1.58. The van der Waals surface area contributed by atoms with E-state index in [9.17, 15) is 14.4 Å². The number of carboxylic acid groups (broad SMARTS) is 2. The van der Waals surface area contributed by atoms with Crippen molar-refractivity contribution in [3.05, 3.63) is 23.4 Å². The molecule has 0 amide bonds. The molecule has 3 N–H and O–H groups in total. The van der Waals surface area contributed by atoms with Crippen molar-refractivity contribution >= 4 is 23.4 Å². The molecule has 0 radical (unpaired) electrons. The second-order valence-electron chi connectivity index (χ2n) is 3.14. The molecule has 1 unspecified atom stereocenters. The summed E-state index contributed by atoms with van der Waals surface area (Å²) < 4.78 is 0. The monoisotopic (exact) mass is 222 g/mol. The maximum atomic E-state index is 11.4. The molecule has 2 heterocycles. The number of carboxylic acids is 2. The van der Waals surface area contributed by atoms with Gasteiger partial charge in [0.15, 0.2) is 11.5 Å². The van der Waals surface area contributed by atoms with E-state index in [1.165, 1.54) is 6.20 Å². The number of fused-ring (bicyclic) bond motifs is 1. The van der Waals surface area contributed by atoms with Crippen LogP contribution in [-0.4, -0.2) is 39.8 Å². The number of ketones is 1.